The average Bonchev–Trinajstić information content (AvgIpc) is 2.90. The van der Waals surface area contributed by atoms with Crippen LogP contribution in [0.25, 0.3) is 11.5 Å². The molecule has 0 saturated carbocycles. The number of aromatic nitrogens is 3. The molecule has 7 heteroatoms. The van der Waals surface area contributed by atoms with Gasteiger partial charge in [0.2, 0.25) is 11.8 Å². The third kappa shape index (κ3) is 2.75. The van der Waals surface area contributed by atoms with Crippen molar-refractivity contribution in [1.82, 2.24) is 15.2 Å². The van der Waals surface area contributed by atoms with E-state index in [4.69, 9.17) is 26.5 Å². The Balaban J connectivity index is 1.77. The molecule has 100 valence electrons. The summed E-state index contributed by atoms with van der Waals surface area (Å²) < 4.78 is 11.2. The minimum atomic E-state index is -0.165. The first kappa shape index (κ1) is 12.5. The van der Waals surface area contributed by atoms with E-state index < -0.39 is 0 Å². The van der Waals surface area contributed by atoms with Gasteiger partial charge in [0.15, 0.2) is 0 Å². The molecule has 1 aliphatic rings. The van der Waals surface area contributed by atoms with Gasteiger partial charge in [0.1, 0.15) is 11.3 Å². The molecule has 0 aromatic carbocycles. The van der Waals surface area contributed by atoms with Crippen molar-refractivity contribution in [2.75, 3.05) is 6.61 Å². The second-order valence-electron chi connectivity index (χ2n) is 4.47. The Morgan fingerprint density at radius 3 is 2.84 bits per heavy atom. The zero-order valence-electron chi connectivity index (χ0n) is 10.1. The van der Waals surface area contributed by atoms with Crippen molar-refractivity contribution in [2.24, 2.45) is 5.73 Å². The van der Waals surface area contributed by atoms with Crippen LogP contribution < -0.4 is 5.73 Å². The molecule has 2 atom stereocenters. The molecule has 1 aliphatic heterocycles. The number of halogens is 1. The van der Waals surface area contributed by atoms with Gasteiger partial charge < -0.3 is 14.9 Å². The second kappa shape index (κ2) is 5.24. The Morgan fingerprint density at radius 2 is 2.16 bits per heavy atom. The molecular formula is C12H13ClN4O2. The van der Waals surface area contributed by atoms with Crippen LogP contribution in [0.15, 0.2) is 22.7 Å². The summed E-state index contributed by atoms with van der Waals surface area (Å²) >= 11 is 5.73. The molecule has 2 aromatic heterocycles. The summed E-state index contributed by atoms with van der Waals surface area (Å²) in [5, 5.41) is 8.44. The van der Waals surface area contributed by atoms with E-state index >= 15 is 0 Å². The van der Waals surface area contributed by atoms with Gasteiger partial charge in [-0.1, -0.05) is 11.6 Å². The van der Waals surface area contributed by atoms with E-state index in [0.29, 0.717) is 23.5 Å². The SMILES string of the molecule is N[C@@H]1CC[C@@H](c2nnc(-c3ccc(Cl)nc3)o2)OC1. The molecule has 2 aromatic rings. The number of nitrogens with zero attached hydrogens (tertiary/aromatic N) is 3. The Hall–Kier alpha value is -1.50. The van der Waals surface area contributed by atoms with Gasteiger partial charge in [0.25, 0.3) is 0 Å². The second-order valence-corrected chi connectivity index (χ2v) is 4.86. The van der Waals surface area contributed by atoms with Crippen LogP contribution in [0.1, 0.15) is 24.8 Å². The van der Waals surface area contributed by atoms with Crippen LogP contribution in [-0.2, 0) is 4.74 Å². The van der Waals surface area contributed by atoms with Crippen molar-refractivity contribution in [1.29, 1.82) is 0 Å². The van der Waals surface area contributed by atoms with E-state index in [1.165, 1.54) is 0 Å². The van der Waals surface area contributed by atoms with Gasteiger partial charge in [0.05, 0.1) is 12.2 Å². The van der Waals surface area contributed by atoms with E-state index in [2.05, 4.69) is 15.2 Å². The van der Waals surface area contributed by atoms with Gasteiger partial charge in [-0.05, 0) is 25.0 Å². The zero-order chi connectivity index (χ0) is 13.2. The topological polar surface area (TPSA) is 87.1 Å². The van der Waals surface area contributed by atoms with Crippen LogP contribution in [-0.4, -0.2) is 27.8 Å². The van der Waals surface area contributed by atoms with Crippen molar-refractivity contribution in [3.63, 3.8) is 0 Å². The first-order chi connectivity index (χ1) is 9.22. The van der Waals surface area contributed by atoms with E-state index in [1.807, 2.05) is 0 Å². The van der Waals surface area contributed by atoms with Crippen LogP contribution in [0.5, 0.6) is 0 Å². The Morgan fingerprint density at radius 1 is 1.26 bits per heavy atom. The molecule has 3 rings (SSSR count). The lowest BCUT2D eigenvalue weighted by molar-refractivity contribution is -0.0111. The maximum absolute atomic E-state index is 5.77. The molecule has 0 amide bonds. The van der Waals surface area contributed by atoms with Crippen molar-refractivity contribution in [3.05, 3.63) is 29.4 Å². The molecule has 1 saturated heterocycles. The summed E-state index contributed by atoms with van der Waals surface area (Å²) in [6.45, 7) is 0.519. The van der Waals surface area contributed by atoms with Crippen molar-refractivity contribution in [2.45, 2.75) is 25.0 Å². The van der Waals surface area contributed by atoms with Gasteiger partial charge >= 0.3 is 0 Å². The van der Waals surface area contributed by atoms with Crippen LogP contribution in [0.2, 0.25) is 5.15 Å². The van der Waals surface area contributed by atoms with Gasteiger partial charge in [-0.25, -0.2) is 4.98 Å². The lowest BCUT2D eigenvalue weighted by Gasteiger charge is -2.23. The van der Waals surface area contributed by atoms with E-state index in [0.717, 1.165) is 18.4 Å². The van der Waals surface area contributed by atoms with Crippen LogP contribution in [0.3, 0.4) is 0 Å². The molecule has 1 fully saturated rings. The average molecular weight is 281 g/mol. The fourth-order valence-electron chi connectivity index (χ4n) is 1.95. The number of hydrogen-bond acceptors (Lipinski definition) is 6. The molecule has 0 bridgehead atoms. The Bertz CT molecular complexity index is 549. The molecular weight excluding hydrogens is 268 g/mol. The number of hydrogen-bond donors (Lipinski definition) is 1. The number of rotatable bonds is 2. The van der Waals surface area contributed by atoms with E-state index in [9.17, 15) is 0 Å². The summed E-state index contributed by atoms with van der Waals surface area (Å²) in [6, 6.07) is 3.56. The number of pyridine rings is 1. The fraction of sp³-hybridized carbons (Fsp3) is 0.417. The minimum Gasteiger partial charge on any atom is -0.418 e. The highest BCUT2D eigenvalue weighted by molar-refractivity contribution is 6.29. The van der Waals surface area contributed by atoms with Gasteiger partial charge in [-0.3, -0.25) is 0 Å². The molecule has 0 spiro atoms. The molecule has 0 aliphatic carbocycles. The Kier molecular flexibility index (Phi) is 3.46. The summed E-state index contributed by atoms with van der Waals surface area (Å²) in [6.07, 6.45) is 3.12. The highest BCUT2D eigenvalue weighted by Crippen LogP contribution is 2.28. The summed E-state index contributed by atoms with van der Waals surface area (Å²) in [5.74, 6) is 0.898. The predicted molar refractivity (Wildman–Crippen MR) is 68.4 cm³/mol. The lowest BCUT2D eigenvalue weighted by Crippen LogP contribution is -2.32. The molecule has 0 radical (unpaired) electrons. The summed E-state index contributed by atoms with van der Waals surface area (Å²) in [5.41, 5.74) is 6.51. The number of ether oxygens (including phenoxy) is 1. The maximum Gasteiger partial charge on any atom is 0.249 e. The van der Waals surface area contributed by atoms with Gasteiger partial charge in [-0.2, -0.15) is 0 Å². The summed E-state index contributed by atoms with van der Waals surface area (Å²) in [7, 11) is 0. The predicted octanol–water partition coefficient (Wildman–Crippen LogP) is 1.96. The lowest BCUT2D eigenvalue weighted by atomic mass is 10.1. The fourth-order valence-corrected chi connectivity index (χ4v) is 2.06. The highest BCUT2D eigenvalue weighted by atomic mass is 35.5. The largest absolute Gasteiger partial charge is 0.418 e. The third-order valence-electron chi connectivity index (χ3n) is 3.00. The van der Waals surface area contributed by atoms with Crippen molar-refractivity contribution >= 4 is 11.6 Å². The standard InChI is InChI=1S/C12H13ClN4O2/c13-10-4-1-7(5-15-10)11-16-17-12(19-11)9-3-2-8(14)6-18-9/h1,4-5,8-9H,2-3,6,14H2/t8-,9+/m1/s1. The van der Waals surface area contributed by atoms with Gasteiger partial charge in [-0.15, -0.1) is 10.2 Å². The molecule has 6 nitrogen and oxygen atoms in total. The summed E-state index contributed by atoms with van der Waals surface area (Å²) in [4.78, 5) is 3.98. The van der Waals surface area contributed by atoms with Gasteiger partial charge in [0, 0.05) is 12.2 Å². The zero-order valence-corrected chi connectivity index (χ0v) is 10.9. The number of nitrogens with two attached hydrogens (primary N) is 1. The quantitative estimate of drug-likeness (QED) is 0.846. The van der Waals surface area contributed by atoms with Crippen LogP contribution >= 0.6 is 11.6 Å². The van der Waals surface area contributed by atoms with Crippen LogP contribution in [0, 0.1) is 0 Å². The molecule has 19 heavy (non-hydrogen) atoms. The van der Waals surface area contributed by atoms with E-state index in [1.54, 1.807) is 18.3 Å². The molecule has 2 N–H and O–H groups in total. The maximum atomic E-state index is 5.77. The van der Waals surface area contributed by atoms with Crippen LogP contribution in [0.4, 0.5) is 0 Å². The monoisotopic (exact) mass is 280 g/mol. The first-order valence-electron chi connectivity index (χ1n) is 6.05. The molecule has 3 heterocycles. The normalized spacial score (nSPS) is 23.5. The van der Waals surface area contributed by atoms with Crippen molar-refractivity contribution < 1.29 is 9.15 Å². The Labute approximate surface area is 114 Å². The first-order valence-corrected chi connectivity index (χ1v) is 6.42. The minimum absolute atomic E-state index is 0.0964. The van der Waals surface area contributed by atoms with Crippen molar-refractivity contribution in [3.8, 4) is 11.5 Å². The third-order valence-corrected chi connectivity index (χ3v) is 3.23. The smallest absolute Gasteiger partial charge is 0.249 e. The molecule has 0 unspecified atom stereocenters. The highest BCUT2D eigenvalue weighted by Gasteiger charge is 2.25. The van der Waals surface area contributed by atoms with E-state index in [-0.39, 0.29) is 12.1 Å².